The van der Waals surface area contributed by atoms with Crippen molar-refractivity contribution in [1.82, 2.24) is 9.97 Å². The molecule has 0 unspecified atom stereocenters. The third-order valence-electron chi connectivity index (χ3n) is 5.32. The Bertz CT molecular complexity index is 722. The number of aryl methyl sites for hydroxylation is 1. The highest BCUT2D eigenvalue weighted by Crippen LogP contribution is 2.41. The van der Waals surface area contributed by atoms with Gasteiger partial charge in [0.15, 0.2) is 0 Å². The highest BCUT2D eigenvalue weighted by molar-refractivity contribution is 7.15. The summed E-state index contributed by atoms with van der Waals surface area (Å²) in [7, 11) is 1.76. The predicted octanol–water partition coefficient (Wildman–Crippen LogP) is 5.33. The average Bonchev–Trinajstić information content (AvgIpc) is 3.02. The molecule has 1 aliphatic rings. The van der Waals surface area contributed by atoms with Gasteiger partial charge in [-0.05, 0) is 78.0 Å². The molecule has 0 saturated carbocycles. The third-order valence-corrected chi connectivity index (χ3v) is 6.48. The maximum atomic E-state index is 5.16. The lowest BCUT2D eigenvalue weighted by atomic mass is 9.80. The van der Waals surface area contributed by atoms with Gasteiger partial charge in [0.2, 0.25) is 5.95 Å². The monoisotopic (exact) mass is 373 g/mol. The minimum absolute atomic E-state index is 0.0706. The summed E-state index contributed by atoms with van der Waals surface area (Å²) in [6, 6.07) is 6.43. The Morgan fingerprint density at radius 3 is 2.54 bits per heavy atom. The van der Waals surface area contributed by atoms with Gasteiger partial charge in [-0.25, -0.2) is 9.97 Å². The van der Waals surface area contributed by atoms with E-state index >= 15 is 0 Å². The van der Waals surface area contributed by atoms with Gasteiger partial charge in [-0.1, -0.05) is 0 Å². The molecule has 3 heterocycles. The second-order valence-corrected chi connectivity index (χ2v) is 9.59. The van der Waals surface area contributed by atoms with Crippen molar-refractivity contribution in [2.24, 2.45) is 0 Å². The Morgan fingerprint density at radius 2 is 1.85 bits per heavy atom. The van der Waals surface area contributed by atoms with Crippen molar-refractivity contribution in [2.75, 3.05) is 18.6 Å². The molecule has 0 spiro atoms. The van der Waals surface area contributed by atoms with Crippen molar-refractivity contribution in [3.63, 3.8) is 0 Å². The Morgan fingerprint density at radius 1 is 1.12 bits per heavy atom. The molecule has 26 heavy (non-hydrogen) atoms. The first kappa shape index (κ1) is 19.3. The van der Waals surface area contributed by atoms with Crippen LogP contribution >= 0.6 is 11.3 Å². The summed E-state index contributed by atoms with van der Waals surface area (Å²) in [5.41, 5.74) is 1.16. The van der Waals surface area contributed by atoms with Crippen molar-refractivity contribution in [3.05, 3.63) is 29.3 Å². The number of aromatic nitrogens is 2. The van der Waals surface area contributed by atoms with Crippen LogP contribution in [-0.4, -0.2) is 34.8 Å². The van der Waals surface area contributed by atoms with Gasteiger partial charge in [-0.15, -0.1) is 11.3 Å². The topological polar surface area (TPSA) is 38.2 Å². The summed E-state index contributed by atoms with van der Waals surface area (Å²) in [5.74, 6) is 0.853. The van der Waals surface area contributed by atoms with Crippen LogP contribution in [0.2, 0.25) is 0 Å². The van der Waals surface area contributed by atoms with Gasteiger partial charge in [0.05, 0.1) is 10.6 Å². The fourth-order valence-corrected chi connectivity index (χ4v) is 5.19. The predicted molar refractivity (Wildman–Crippen MR) is 110 cm³/mol. The Labute approximate surface area is 161 Å². The highest BCUT2D eigenvalue weighted by Gasteiger charge is 2.42. The van der Waals surface area contributed by atoms with Crippen LogP contribution in [0.1, 0.15) is 58.3 Å². The van der Waals surface area contributed by atoms with Gasteiger partial charge in [-0.3, -0.25) is 0 Å². The molecule has 0 aliphatic carbocycles. The first-order valence-corrected chi connectivity index (χ1v) is 10.4. The lowest BCUT2D eigenvalue weighted by molar-refractivity contribution is 0.195. The van der Waals surface area contributed by atoms with Gasteiger partial charge in [0.1, 0.15) is 0 Å². The molecule has 0 amide bonds. The summed E-state index contributed by atoms with van der Waals surface area (Å²) in [6.07, 6.45) is 7.62. The number of methoxy groups -OCH3 is 1. The van der Waals surface area contributed by atoms with Crippen molar-refractivity contribution in [3.8, 4) is 10.6 Å². The Balaban J connectivity index is 1.86. The van der Waals surface area contributed by atoms with Crippen LogP contribution in [-0.2, 0) is 11.2 Å². The van der Waals surface area contributed by atoms with Gasteiger partial charge in [-0.2, -0.15) is 0 Å². The number of nitrogens with zero attached hydrogens (tertiary/aromatic N) is 3. The maximum absolute atomic E-state index is 5.16. The Hall–Kier alpha value is -1.46. The van der Waals surface area contributed by atoms with E-state index in [4.69, 9.17) is 9.72 Å². The van der Waals surface area contributed by atoms with Crippen LogP contribution < -0.4 is 4.90 Å². The highest BCUT2D eigenvalue weighted by atomic mass is 32.1. The summed E-state index contributed by atoms with van der Waals surface area (Å²) in [4.78, 5) is 14.7. The largest absolute Gasteiger partial charge is 0.385 e. The zero-order chi connectivity index (χ0) is 18.8. The molecule has 3 rings (SSSR count). The standard InChI is InChI=1S/C21H31N3OS/c1-20(2)12-7-13-21(3,4)24(20)19-22-14-11-17(23-19)18-10-9-16(26-18)8-6-15-25-5/h9-11,14H,6-8,12-13,15H2,1-5H3. The van der Waals surface area contributed by atoms with E-state index in [2.05, 4.69) is 49.7 Å². The lowest BCUT2D eigenvalue weighted by Gasteiger charge is -2.53. The second-order valence-electron chi connectivity index (χ2n) is 8.42. The van der Waals surface area contributed by atoms with E-state index in [1.165, 1.54) is 29.0 Å². The first-order chi connectivity index (χ1) is 12.3. The van der Waals surface area contributed by atoms with Gasteiger partial charge in [0, 0.05) is 35.9 Å². The molecule has 0 aromatic carbocycles. The van der Waals surface area contributed by atoms with Crippen LogP contribution in [0.15, 0.2) is 24.4 Å². The van der Waals surface area contributed by atoms with Crippen LogP contribution in [0, 0.1) is 0 Å². The SMILES string of the molecule is COCCCc1ccc(-c2ccnc(N3C(C)(C)CCCC3(C)C)n2)s1. The zero-order valence-electron chi connectivity index (χ0n) is 16.7. The molecule has 0 radical (unpaired) electrons. The molecular formula is C21H31N3OS. The summed E-state index contributed by atoms with van der Waals surface area (Å²) >= 11 is 1.83. The fraction of sp³-hybridized carbons (Fsp3) is 0.619. The second kappa shape index (κ2) is 7.65. The number of rotatable bonds is 6. The molecule has 4 nitrogen and oxygen atoms in total. The minimum atomic E-state index is 0.0706. The molecule has 2 aromatic heterocycles. The van der Waals surface area contributed by atoms with Crippen LogP contribution in [0.5, 0.6) is 0 Å². The molecule has 0 atom stereocenters. The quantitative estimate of drug-likeness (QED) is 0.641. The van der Waals surface area contributed by atoms with E-state index in [0.29, 0.717) is 0 Å². The molecular weight excluding hydrogens is 342 g/mol. The summed E-state index contributed by atoms with van der Waals surface area (Å²) in [5, 5.41) is 0. The van der Waals surface area contributed by atoms with Crippen LogP contribution in [0.4, 0.5) is 5.95 Å². The van der Waals surface area contributed by atoms with Gasteiger partial charge >= 0.3 is 0 Å². The molecule has 1 saturated heterocycles. The number of ether oxygens (including phenoxy) is 1. The van der Waals surface area contributed by atoms with Crippen LogP contribution in [0.3, 0.4) is 0 Å². The van der Waals surface area contributed by atoms with Crippen molar-refractivity contribution in [2.45, 2.75) is 70.9 Å². The third kappa shape index (κ3) is 4.09. The summed E-state index contributed by atoms with van der Waals surface area (Å²) < 4.78 is 5.16. The number of thiophene rings is 1. The van der Waals surface area contributed by atoms with E-state index in [1.807, 2.05) is 23.6 Å². The number of hydrogen-bond donors (Lipinski definition) is 0. The van der Waals surface area contributed by atoms with E-state index in [0.717, 1.165) is 31.1 Å². The van der Waals surface area contributed by atoms with E-state index in [-0.39, 0.29) is 11.1 Å². The summed E-state index contributed by atoms with van der Waals surface area (Å²) in [6.45, 7) is 10.0. The van der Waals surface area contributed by atoms with Gasteiger partial charge in [0.25, 0.3) is 0 Å². The van der Waals surface area contributed by atoms with E-state index in [1.54, 1.807) is 7.11 Å². The molecule has 1 fully saturated rings. The molecule has 0 N–H and O–H groups in total. The molecule has 1 aliphatic heterocycles. The van der Waals surface area contributed by atoms with Crippen molar-refractivity contribution >= 4 is 17.3 Å². The van der Waals surface area contributed by atoms with E-state index < -0.39 is 0 Å². The number of anilines is 1. The maximum Gasteiger partial charge on any atom is 0.226 e. The minimum Gasteiger partial charge on any atom is -0.385 e. The molecule has 142 valence electrons. The first-order valence-electron chi connectivity index (χ1n) is 9.55. The normalized spacial score (nSPS) is 18.9. The molecule has 2 aromatic rings. The van der Waals surface area contributed by atoms with Crippen molar-refractivity contribution in [1.29, 1.82) is 0 Å². The number of hydrogen-bond acceptors (Lipinski definition) is 5. The zero-order valence-corrected chi connectivity index (χ0v) is 17.5. The smallest absolute Gasteiger partial charge is 0.226 e. The van der Waals surface area contributed by atoms with Crippen LogP contribution in [0.25, 0.3) is 10.6 Å². The molecule has 5 heteroatoms. The number of piperidine rings is 1. The van der Waals surface area contributed by atoms with Crippen molar-refractivity contribution < 1.29 is 4.74 Å². The van der Waals surface area contributed by atoms with Gasteiger partial charge < -0.3 is 9.64 Å². The average molecular weight is 374 g/mol. The lowest BCUT2D eigenvalue weighted by Crippen LogP contribution is -2.59. The molecule has 0 bridgehead atoms. The Kier molecular flexibility index (Phi) is 5.68. The van der Waals surface area contributed by atoms with E-state index in [9.17, 15) is 0 Å². The fourth-order valence-electron chi connectivity index (χ4n) is 4.17.